The number of hydrogen-bond acceptors (Lipinski definition) is 3. The van der Waals surface area contributed by atoms with Gasteiger partial charge in [-0.1, -0.05) is 0 Å². The summed E-state index contributed by atoms with van der Waals surface area (Å²) in [6.45, 7) is 7.23. The first-order valence-electron chi connectivity index (χ1n) is 5.34. The Hall–Kier alpha value is -1.07. The summed E-state index contributed by atoms with van der Waals surface area (Å²) < 4.78 is 31.8. The number of methoxy groups -OCH3 is 1. The van der Waals surface area contributed by atoms with Crippen molar-refractivity contribution in [3.8, 4) is 5.75 Å². The second kappa shape index (κ2) is 4.66. The lowest BCUT2D eigenvalue weighted by atomic mass is 10.1. The van der Waals surface area contributed by atoms with Crippen LogP contribution in [0.2, 0.25) is 0 Å². The lowest BCUT2D eigenvalue weighted by molar-refractivity contribution is 0.411. The molecule has 0 amide bonds. The van der Waals surface area contributed by atoms with E-state index in [1.807, 2.05) is 6.92 Å². The second-order valence-electron chi connectivity index (χ2n) is 4.99. The molecule has 0 spiro atoms. The fourth-order valence-corrected chi connectivity index (χ4v) is 2.98. The first-order valence-corrected chi connectivity index (χ1v) is 6.83. The molecule has 0 unspecified atom stereocenters. The Balaban J connectivity index is 3.13. The molecule has 0 aliphatic carbocycles. The van der Waals surface area contributed by atoms with Crippen molar-refractivity contribution in [2.75, 3.05) is 7.11 Å². The number of sulfonamides is 1. The zero-order valence-electron chi connectivity index (χ0n) is 10.9. The van der Waals surface area contributed by atoms with Gasteiger partial charge < -0.3 is 4.74 Å². The van der Waals surface area contributed by atoms with Crippen LogP contribution in [0.5, 0.6) is 5.75 Å². The first-order chi connectivity index (χ1) is 7.65. The first kappa shape index (κ1) is 14.0. The normalized spacial score (nSPS) is 12.5. The van der Waals surface area contributed by atoms with Crippen molar-refractivity contribution < 1.29 is 13.2 Å². The van der Waals surface area contributed by atoms with Crippen LogP contribution in [0.15, 0.2) is 23.1 Å². The summed E-state index contributed by atoms with van der Waals surface area (Å²) in [5, 5.41) is 0. The van der Waals surface area contributed by atoms with Gasteiger partial charge in [0.05, 0.1) is 12.0 Å². The van der Waals surface area contributed by atoms with Crippen LogP contribution in [0.3, 0.4) is 0 Å². The number of hydrogen-bond donors (Lipinski definition) is 1. The molecule has 1 rings (SSSR count). The minimum Gasteiger partial charge on any atom is -0.496 e. The quantitative estimate of drug-likeness (QED) is 0.902. The highest BCUT2D eigenvalue weighted by atomic mass is 32.2. The highest BCUT2D eigenvalue weighted by Gasteiger charge is 2.22. The number of rotatable bonds is 3. The zero-order chi connectivity index (χ0) is 13.3. The van der Waals surface area contributed by atoms with Gasteiger partial charge in [0.1, 0.15) is 5.75 Å². The predicted octanol–water partition coefficient (Wildman–Crippen LogP) is 2.08. The van der Waals surface area contributed by atoms with Crippen molar-refractivity contribution in [1.29, 1.82) is 0 Å². The molecule has 0 atom stereocenters. The van der Waals surface area contributed by atoms with Gasteiger partial charge in [0.15, 0.2) is 0 Å². The minimum atomic E-state index is -3.47. The molecule has 0 aliphatic rings. The lowest BCUT2D eigenvalue weighted by Crippen LogP contribution is -2.40. The smallest absolute Gasteiger partial charge is 0.241 e. The van der Waals surface area contributed by atoms with E-state index in [1.54, 1.807) is 46.1 Å². The standard InChI is InChI=1S/C12H19NO3S/c1-9-8-10(6-7-11(9)16-5)17(14,15)13-12(2,3)4/h6-8,13H,1-5H3. The molecule has 1 N–H and O–H groups in total. The molecular weight excluding hydrogens is 238 g/mol. The van der Waals surface area contributed by atoms with Gasteiger partial charge in [0.25, 0.3) is 0 Å². The van der Waals surface area contributed by atoms with Crippen LogP contribution in [-0.4, -0.2) is 21.1 Å². The minimum absolute atomic E-state index is 0.255. The van der Waals surface area contributed by atoms with Crippen molar-refractivity contribution in [2.45, 2.75) is 38.1 Å². The maximum atomic E-state index is 12.0. The average molecular weight is 257 g/mol. The van der Waals surface area contributed by atoms with E-state index in [9.17, 15) is 8.42 Å². The number of benzene rings is 1. The molecule has 5 heteroatoms. The highest BCUT2D eigenvalue weighted by molar-refractivity contribution is 7.89. The molecule has 1 aromatic rings. The van der Waals surface area contributed by atoms with Crippen molar-refractivity contribution in [3.05, 3.63) is 23.8 Å². The average Bonchev–Trinajstić information content (AvgIpc) is 2.13. The maximum absolute atomic E-state index is 12.0. The zero-order valence-corrected chi connectivity index (χ0v) is 11.7. The predicted molar refractivity (Wildman–Crippen MR) is 67.8 cm³/mol. The summed E-state index contributed by atoms with van der Waals surface area (Å²) >= 11 is 0. The van der Waals surface area contributed by atoms with E-state index in [2.05, 4.69) is 4.72 Å². The summed E-state index contributed by atoms with van der Waals surface area (Å²) in [7, 11) is -1.91. The van der Waals surface area contributed by atoms with E-state index >= 15 is 0 Å². The summed E-state index contributed by atoms with van der Waals surface area (Å²) in [5.41, 5.74) is 0.302. The summed E-state index contributed by atoms with van der Waals surface area (Å²) in [4.78, 5) is 0.255. The highest BCUT2D eigenvalue weighted by Crippen LogP contribution is 2.22. The van der Waals surface area contributed by atoms with Crippen LogP contribution in [0.1, 0.15) is 26.3 Å². The number of ether oxygens (including phenoxy) is 1. The fraction of sp³-hybridized carbons (Fsp3) is 0.500. The van der Waals surface area contributed by atoms with Gasteiger partial charge in [-0.05, 0) is 51.5 Å². The van der Waals surface area contributed by atoms with E-state index < -0.39 is 15.6 Å². The molecule has 0 bridgehead atoms. The molecule has 1 aromatic carbocycles. The van der Waals surface area contributed by atoms with E-state index in [1.165, 1.54) is 0 Å². The van der Waals surface area contributed by atoms with Gasteiger partial charge in [-0.2, -0.15) is 0 Å². The summed E-state index contributed by atoms with van der Waals surface area (Å²) in [5.74, 6) is 0.680. The summed E-state index contributed by atoms with van der Waals surface area (Å²) in [6, 6.07) is 4.80. The molecule has 0 aromatic heterocycles. The van der Waals surface area contributed by atoms with Gasteiger partial charge in [-0.25, -0.2) is 13.1 Å². The molecule has 0 saturated heterocycles. The fourth-order valence-electron chi connectivity index (χ4n) is 1.48. The van der Waals surface area contributed by atoms with Crippen LogP contribution in [0.25, 0.3) is 0 Å². The lowest BCUT2D eigenvalue weighted by Gasteiger charge is -2.20. The van der Waals surface area contributed by atoms with Gasteiger partial charge in [-0.15, -0.1) is 0 Å². The third kappa shape index (κ3) is 3.71. The molecule has 0 aliphatic heterocycles. The van der Waals surface area contributed by atoms with Gasteiger partial charge in [-0.3, -0.25) is 0 Å². The molecule has 0 heterocycles. The van der Waals surface area contributed by atoms with Gasteiger partial charge >= 0.3 is 0 Å². The van der Waals surface area contributed by atoms with Crippen molar-refractivity contribution in [2.24, 2.45) is 0 Å². The number of aryl methyl sites for hydroxylation is 1. The Morgan fingerprint density at radius 2 is 1.82 bits per heavy atom. The van der Waals surface area contributed by atoms with Crippen LogP contribution in [0.4, 0.5) is 0 Å². The monoisotopic (exact) mass is 257 g/mol. The third-order valence-electron chi connectivity index (χ3n) is 2.12. The molecule has 0 saturated carbocycles. The Kier molecular flexibility index (Phi) is 3.84. The maximum Gasteiger partial charge on any atom is 0.241 e. The van der Waals surface area contributed by atoms with Crippen molar-refractivity contribution >= 4 is 10.0 Å². The molecule has 17 heavy (non-hydrogen) atoms. The Labute approximate surface area is 103 Å². The second-order valence-corrected chi connectivity index (χ2v) is 6.67. The Morgan fingerprint density at radius 3 is 2.24 bits per heavy atom. The van der Waals surface area contributed by atoms with Gasteiger partial charge in [0.2, 0.25) is 10.0 Å². The van der Waals surface area contributed by atoms with Crippen LogP contribution in [-0.2, 0) is 10.0 Å². The van der Waals surface area contributed by atoms with E-state index in [0.29, 0.717) is 5.75 Å². The third-order valence-corrected chi connectivity index (χ3v) is 3.87. The van der Waals surface area contributed by atoms with Crippen LogP contribution in [0, 0.1) is 6.92 Å². The Morgan fingerprint density at radius 1 is 1.24 bits per heavy atom. The van der Waals surface area contributed by atoms with Crippen LogP contribution < -0.4 is 9.46 Å². The summed E-state index contributed by atoms with van der Waals surface area (Å²) in [6.07, 6.45) is 0. The van der Waals surface area contributed by atoms with E-state index in [4.69, 9.17) is 4.74 Å². The largest absolute Gasteiger partial charge is 0.496 e. The topological polar surface area (TPSA) is 55.4 Å². The SMILES string of the molecule is COc1ccc(S(=O)(=O)NC(C)(C)C)cc1C. The van der Waals surface area contributed by atoms with E-state index in [0.717, 1.165) is 5.56 Å². The molecular formula is C12H19NO3S. The molecule has 0 fully saturated rings. The Bertz CT molecular complexity index is 501. The number of nitrogens with one attached hydrogen (secondary N) is 1. The van der Waals surface area contributed by atoms with Crippen molar-refractivity contribution in [3.63, 3.8) is 0 Å². The molecule has 0 radical (unpaired) electrons. The van der Waals surface area contributed by atoms with Crippen molar-refractivity contribution in [1.82, 2.24) is 4.72 Å². The van der Waals surface area contributed by atoms with E-state index in [-0.39, 0.29) is 4.90 Å². The van der Waals surface area contributed by atoms with Gasteiger partial charge in [0, 0.05) is 5.54 Å². The van der Waals surface area contributed by atoms with Crippen LogP contribution >= 0.6 is 0 Å². The molecule has 96 valence electrons. The molecule has 4 nitrogen and oxygen atoms in total.